The number of nitrogens with one attached hydrogen (secondary N) is 1. The second kappa shape index (κ2) is 10.1. The standard InChI is InChI=1S/C24H29FN4O5/c1-3-28(23(31)22-5-4-12-33-22)17-8-10-27(11-9-17)21-7-6-18(13-20(21)25)29-15-19(34-24(29)32)14-26-16(2)30/h4-7,12-13,17,19H,3,8-11,14-15H2,1-2H3,(H,26,30)/t19-/m0/s1. The van der Waals surface area contributed by atoms with Gasteiger partial charge in [-0.05, 0) is 50.1 Å². The Morgan fingerprint density at radius 3 is 2.62 bits per heavy atom. The number of anilines is 2. The van der Waals surface area contributed by atoms with Gasteiger partial charge in [0.25, 0.3) is 5.91 Å². The van der Waals surface area contributed by atoms with Crippen molar-refractivity contribution in [2.45, 2.75) is 38.8 Å². The van der Waals surface area contributed by atoms with Gasteiger partial charge in [-0.15, -0.1) is 0 Å². The lowest BCUT2D eigenvalue weighted by Crippen LogP contribution is -2.47. The zero-order chi connectivity index (χ0) is 24.2. The minimum Gasteiger partial charge on any atom is -0.459 e. The van der Waals surface area contributed by atoms with Crippen LogP contribution in [0.15, 0.2) is 41.0 Å². The van der Waals surface area contributed by atoms with Gasteiger partial charge in [-0.2, -0.15) is 0 Å². The van der Waals surface area contributed by atoms with E-state index < -0.39 is 18.0 Å². The lowest BCUT2D eigenvalue weighted by molar-refractivity contribution is -0.119. The number of halogens is 1. The van der Waals surface area contributed by atoms with Gasteiger partial charge >= 0.3 is 6.09 Å². The monoisotopic (exact) mass is 472 g/mol. The van der Waals surface area contributed by atoms with Gasteiger partial charge in [-0.3, -0.25) is 14.5 Å². The van der Waals surface area contributed by atoms with Crippen molar-refractivity contribution < 1.29 is 27.9 Å². The lowest BCUT2D eigenvalue weighted by atomic mass is 10.0. The van der Waals surface area contributed by atoms with Gasteiger partial charge in [0.1, 0.15) is 11.9 Å². The Labute approximate surface area is 197 Å². The van der Waals surface area contributed by atoms with Gasteiger partial charge in [-0.25, -0.2) is 9.18 Å². The Hall–Kier alpha value is -3.56. The fourth-order valence-electron chi connectivity index (χ4n) is 4.54. The molecule has 34 heavy (non-hydrogen) atoms. The first-order chi connectivity index (χ1) is 16.4. The van der Waals surface area contributed by atoms with E-state index in [1.54, 1.807) is 24.3 Å². The van der Waals surface area contributed by atoms with Crippen LogP contribution in [0.1, 0.15) is 37.2 Å². The summed E-state index contributed by atoms with van der Waals surface area (Å²) in [5, 5.41) is 2.62. The Morgan fingerprint density at radius 2 is 2.00 bits per heavy atom. The minimum absolute atomic E-state index is 0.0566. The summed E-state index contributed by atoms with van der Waals surface area (Å²) in [7, 11) is 0. The average molecular weight is 473 g/mol. The number of carbonyl (C=O) groups is 3. The number of hydrogen-bond donors (Lipinski definition) is 1. The molecular formula is C24H29FN4O5. The third-order valence-electron chi connectivity index (χ3n) is 6.28. The van der Waals surface area contributed by atoms with Crippen molar-refractivity contribution in [2.24, 2.45) is 0 Å². The molecule has 1 atom stereocenters. The number of cyclic esters (lactones) is 1. The van der Waals surface area contributed by atoms with Crippen molar-refractivity contribution in [1.29, 1.82) is 0 Å². The normalized spacial score (nSPS) is 18.7. The number of benzene rings is 1. The largest absolute Gasteiger partial charge is 0.459 e. The van der Waals surface area contributed by atoms with Crippen molar-refractivity contribution in [1.82, 2.24) is 10.2 Å². The molecule has 0 radical (unpaired) electrons. The molecule has 0 bridgehead atoms. The number of ether oxygens (including phenoxy) is 1. The van der Waals surface area contributed by atoms with Crippen molar-refractivity contribution in [3.05, 3.63) is 48.2 Å². The highest BCUT2D eigenvalue weighted by atomic mass is 19.1. The number of furan rings is 1. The summed E-state index contributed by atoms with van der Waals surface area (Å²) >= 11 is 0. The predicted molar refractivity (Wildman–Crippen MR) is 123 cm³/mol. The van der Waals surface area contributed by atoms with Gasteiger partial charge in [0, 0.05) is 32.6 Å². The molecule has 2 fully saturated rings. The molecule has 0 spiro atoms. The third-order valence-corrected chi connectivity index (χ3v) is 6.28. The number of rotatable bonds is 7. The molecular weight excluding hydrogens is 443 g/mol. The summed E-state index contributed by atoms with van der Waals surface area (Å²) in [6.07, 6.45) is 1.86. The maximum absolute atomic E-state index is 15.0. The summed E-state index contributed by atoms with van der Waals surface area (Å²) in [5.74, 6) is -0.435. The van der Waals surface area contributed by atoms with Gasteiger partial charge in [0.05, 0.1) is 30.7 Å². The molecule has 2 aliphatic heterocycles. The summed E-state index contributed by atoms with van der Waals surface area (Å²) < 4.78 is 25.6. The first kappa shape index (κ1) is 23.6. The van der Waals surface area contributed by atoms with Gasteiger partial charge in [-0.1, -0.05) is 0 Å². The number of carbonyl (C=O) groups excluding carboxylic acids is 3. The molecule has 4 rings (SSSR count). The summed E-state index contributed by atoms with van der Waals surface area (Å²) in [5.41, 5.74) is 0.873. The van der Waals surface area contributed by atoms with E-state index in [9.17, 15) is 14.4 Å². The molecule has 9 nitrogen and oxygen atoms in total. The van der Waals surface area contributed by atoms with E-state index in [-0.39, 0.29) is 30.9 Å². The molecule has 3 heterocycles. The lowest BCUT2D eigenvalue weighted by Gasteiger charge is -2.39. The fourth-order valence-corrected chi connectivity index (χ4v) is 4.54. The van der Waals surface area contributed by atoms with Crippen LogP contribution in [-0.4, -0.2) is 67.7 Å². The number of nitrogens with zero attached hydrogens (tertiary/aromatic N) is 3. The van der Waals surface area contributed by atoms with E-state index in [2.05, 4.69) is 5.32 Å². The van der Waals surface area contributed by atoms with Crippen molar-refractivity contribution in [3.63, 3.8) is 0 Å². The minimum atomic E-state index is -0.566. The van der Waals surface area contributed by atoms with Crippen LogP contribution >= 0.6 is 0 Å². The quantitative estimate of drug-likeness (QED) is 0.666. The van der Waals surface area contributed by atoms with Crippen molar-refractivity contribution >= 4 is 29.3 Å². The molecule has 0 saturated carbocycles. The van der Waals surface area contributed by atoms with Crippen molar-refractivity contribution in [3.8, 4) is 0 Å². The Morgan fingerprint density at radius 1 is 1.24 bits per heavy atom. The van der Waals surface area contributed by atoms with Crippen molar-refractivity contribution in [2.75, 3.05) is 42.5 Å². The molecule has 10 heteroatoms. The number of amides is 3. The van der Waals surface area contributed by atoms with Gasteiger partial charge in [0.15, 0.2) is 5.76 Å². The van der Waals surface area contributed by atoms with Gasteiger partial charge < -0.3 is 24.3 Å². The van der Waals surface area contributed by atoms with Crippen LogP contribution in [0.2, 0.25) is 0 Å². The molecule has 2 aromatic rings. The molecule has 2 aliphatic rings. The van der Waals surface area contributed by atoms with E-state index >= 15 is 4.39 Å². The topological polar surface area (TPSA) is 95.3 Å². The van der Waals surface area contributed by atoms with Crippen LogP contribution in [0, 0.1) is 5.82 Å². The van der Waals surface area contributed by atoms with E-state index in [1.165, 1.54) is 24.2 Å². The summed E-state index contributed by atoms with van der Waals surface area (Å²) in [6, 6.07) is 8.12. The molecule has 1 aromatic heterocycles. The zero-order valence-corrected chi connectivity index (χ0v) is 19.3. The van der Waals surface area contributed by atoms with Crippen LogP contribution in [0.25, 0.3) is 0 Å². The van der Waals surface area contributed by atoms with E-state index in [4.69, 9.17) is 9.15 Å². The van der Waals surface area contributed by atoms with Crippen LogP contribution < -0.4 is 15.1 Å². The molecule has 1 N–H and O–H groups in total. The van der Waals surface area contributed by atoms with E-state index in [1.807, 2.05) is 16.7 Å². The molecule has 3 amide bonds. The predicted octanol–water partition coefficient (Wildman–Crippen LogP) is 3.01. The van der Waals surface area contributed by atoms with E-state index in [0.29, 0.717) is 49.6 Å². The molecule has 182 valence electrons. The number of hydrogen-bond acceptors (Lipinski definition) is 6. The highest BCUT2D eigenvalue weighted by Crippen LogP contribution is 2.30. The second-order valence-electron chi connectivity index (χ2n) is 8.48. The second-order valence-corrected chi connectivity index (χ2v) is 8.48. The maximum Gasteiger partial charge on any atom is 0.414 e. The van der Waals surface area contributed by atoms with Crippen LogP contribution in [-0.2, 0) is 9.53 Å². The third kappa shape index (κ3) is 5.00. The Bertz CT molecular complexity index is 1040. The maximum atomic E-state index is 15.0. The highest BCUT2D eigenvalue weighted by Gasteiger charge is 2.33. The molecule has 0 aliphatic carbocycles. The number of piperidine rings is 1. The molecule has 0 unspecified atom stereocenters. The molecule has 2 saturated heterocycles. The Kier molecular flexibility index (Phi) is 7.04. The average Bonchev–Trinajstić information content (AvgIpc) is 3.49. The van der Waals surface area contributed by atoms with Gasteiger partial charge in [0.2, 0.25) is 5.91 Å². The first-order valence-corrected chi connectivity index (χ1v) is 11.5. The first-order valence-electron chi connectivity index (χ1n) is 11.5. The Balaban J connectivity index is 1.37. The van der Waals surface area contributed by atoms with E-state index in [0.717, 1.165) is 0 Å². The highest BCUT2D eigenvalue weighted by molar-refractivity contribution is 5.92. The summed E-state index contributed by atoms with van der Waals surface area (Å²) in [6.45, 7) is 5.56. The van der Waals surface area contributed by atoms with Crippen LogP contribution in [0.3, 0.4) is 0 Å². The smallest absolute Gasteiger partial charge is 0.414 e. The van der Waals surface area contributed by atoms with Crippen LogP contribution in [0.4, 0.5) is 20.6 Å². The fraction of sp³-hybridized carbons (Fsp3) is 0.458. The molecule has 1 aromatic carbocycles. The zero-order valence-electron chi connectivity index (χ0n) is 19.3. The van der Waals surface area contributed by atoms with Crippen LogP contribution in [0.5, 0.6) is 0 Å². The summed E-state index contributed by atoms with van der Waals surface area (Å²) in [4.78, 5) is 41.2. The SMILES string of the molecule is CCN(C(=O)c1ccco1)C1CCN(c2ccc(N3C[C@H](CNC(C)=O)OC3=O)cc2F)CC1.